The molecule has 0 fully saturated rings. The Morgan fingerprint density at radius 1 is 1.32 bits per heavy atom. The highest BCUT2D eigenvalue weighted by atomic mass is 32.1. The van der Waals surface area contributed by atoms with E-state index in [1.54, 1.807) is 12.4 Å². The minimum absolute atomic E-state index is 0.0827. The molecule has 1 aromatic heterocycles. The van der Waals surface area contributed by atoms with Crippen molar-refractivity contribution >= 4 is 34.0 Å². The number of benzene rings is 1. The van der Waals surface area contributed by atoms with Crippen molar-refractivity contribution in [3.63, 3.8) is 0 Å². The lowest BCUT2D eigenvalue weighted by molar-refractivity contribution is -0.116. The molecule has 5 nitrogen and oxygen atoms in total. The second-order valence-corrected chi connectivity index (χ2v) is 6.08. The quantitative estimate of drug-likeness (QED) is 0.943. The van der Waals surface area contributed by atoms with Gasteiger partial charge in [-0.15, -0.1) is 11.3 Å². The smallest absolute Gasteiger partial charge is 0.230 e. The van der Waals surface area contributed by atoms with Crippen molar-refractivity contribution in [1.82, 2.24) is 4.98 Å². The standard InChI is InChI=1S/C16H19N3O2S/c1-10-5-6-14(11(2)7-10)18-15(21)8-13-9-22-16(17-13)19(4)12(3)20/h5-7,9H,8H2,1-4H3,(H,18,21). The molecule has 116 valence electrons. The topological polar surface area (TPSA) is 62.3 Å². The van der Waals surface area contributed by atoms with E-state index < -0.39 is 0 Å². The molecule has 0 bridgehead atoms. The van der Waals surface area contributed by atoms with E-state index in [9.17, 15) is 9.59 Å². The summed E-state index contributed by atoms with van der Waals surface area (Å²) in [5, 5.41) is 5.29. The van der Waals surface area contributed by atoms with Crippen molar-refractivity contribution in [2.24, 2.45) is 0 Å². The number of aryl methyl sites for hydroxylation is 2. The molecule has 0 atom stereocenters. The van der Waals surface area contributed by atoms with Crippen molar-refractivity contribution in [2.75, 3.05) is 17.3 Å². The second kappa shape index (κ2) is 6.70. The molecule has 2 rings (SSSR count). The predicted molar refractivity (Wildman–Crippen MR) is 89.4 cm³/mol. The Morgan fingerprint density at radius 3 is 2.68 bits per heavy atom. The molecule has 2 amide bonds. The van der Waals surface area contributed by atoms with Crippen LogP contribution in [0.15, 0.2) is 23.6 Å². The number of carbonyl (C=O) groups excluding carboxylic acids is 2. The Balaban J connectivity index is 2.02. The zero-order valence-electron chi connectivity index (χ0n) is 13.1. The number of nitrogens with zero attached hydrogens (tertiary/aromatic N) is 2. The molecule has 0 unspecified atom stereocenters. The van der Waals surface area contributed by atoms with Crippen molar-refractivity contribution in [2.45, 2.75) is 27.2 Å². The van der Waals surface area contributed by atoms with Crippen molar-refractivity contribution < 1.29 is 9.59 Å². The summed E-state index contributed by atoms with van der Waals surface area (Å²) >= 11 is 1.35. The number of amides is 2. The number of carbonyl (C=O) groups is 2. The molecule has 0 aliphatic rings. The van der Waals surface area contributed by atoms with E-state index in [2.05, 4.69) is 10.3 Å². The summed E-state index contributed by atoms with van der Waals surface area (Å²) in [6.45, 7) is 5.46. The van der Waals surface area contributed by atoms with Crippen LogP contribution in [0.2, 0.25) is 0 Å². The van der Waals surface area contributed by atoms with Gasteiger partial charge in [0.05, 0.1) is 12.1 Å². The van der Waals surface area contributed by atoms with Crippen LogP contribution < -0.4 is 10.2 Å². The molecule has 0 saturated heterocycles. The van der Waals surface area contributed by atoms with Gasteiger partial charge in [-0.25, -0.2) is 4.98 Å². The fourth-order valence-electron chi connectivity index (χ4n) is 1.98. The maximum Gasteiger partial charge on any atom is 0.230 e. The minimum atomic E-state index is -0.116. The summed E-state index contributed by atoms with van der Waals surface area (Å²) in [5.74, 6) is -0.199. The Bertz CT molecular complexity index is 709. The number of anilines is 2. The van der Waals surface area contributed by atoms with Gasteiger partial charge in [0.1, 0.15) is 0 Å². The average molecular weight is 317 g/mol. The number of thiazole rings is 1. The first-order chi connectivity index (χ1) is 10.4. The summed E-state index contributed by atoms with van der Waals surface area (Å²) in [5.41, 5.74) is 3.66. The molecule has 1 heterocycles. The van der Waals surface area contributed by atoms with Gasteiger partial charge < -0.3 is 5.32 Å². The van der Waals surface area contributed by atoms with Crippen molar-refractivity contribution in [3.05, 3.63) is 40.4 Å². The van der Waals surface area contributed by atoms with E-state index in [0.717, 1.165) is 16.8 Å². The van der Waals surface area contributed by atoms with Gasteiger partial charge in [0, 0.05) is 25.0 Å². The highest BCUT2D eigenvalue weighted by Crippen LogP contribution is 2.20. The van der Waals surface area contributed by atoms with Gasteiger partial charge in [0.25, 0.3) is 0 Å². The number of hydrogen-bond donors (Lipinski definition) is 1. The van der Waals surface area contributed by atoms with Crippen molar-refractivity contribution in [3.8, 4) is 0 Å². The van der Waals surface area contributed by atoms with Gasteiger partial charge in [-0.3, -0.25) is 14.5 Å². The van der Waals surface area contributed by atoms with Crippen LogP contribution in [0.4, 0.5) is 10.8 Å². The zero-order chi connectivity index (χ0) is 16.3. The normalized spacial score (nSPS) is 10.4. The summed E-state index contributed by atoms with van der Waals surface area (Å²) in [7, 11) is 1.67. The Kier molecular flexibility index (Phi) is 4.92. The summed E-state index contributed by atoms with van der Waals surface area (Å²) in [4.78, 5) is 29.2. The lowest BCUT2D eigenvalue weighted by atomic mass is 10.1. The monoisotopic (exact) mass is 317 g/mol. The average Bonchev–Trinajstić information content (AvgIpc) is 2.89. The van der Waals surface area contributed by atoms with Crippen LogP contribution in [0.1, 0.15) is 23.7 Å². The lowest BCUT2D eigenvalue weighted by Crippen LogP contribution is -2.22. The van der Waals surface area contributed by atoms with Gasteiger partial charge in [0.15, 0.2) is 5.13 Å². The Labute approximate surface area is 134 Å². The first-order valence-electron chi connectivity index (χ1n) is 6.92. The fourth-order valence-corrected chi connectivity index (χ4v) is 2.81. The number of rotatable bonds is 4. The lowest BCUT2D eigenvalue weighted by Gasteiger charge is -2.10. The zero-order valence-corrected chi connectivity index (χ0v) is 14.0. The van der Waals surface area contributed by atoms with Crippen LogP contribution in [0.25, 0.3) is 0 Å². The molecular weight excluding hydrogens is 298 g/mol. The van der Waals surface area contributed by atoms with Gasteiger partial charge in [-0.2, -0.15) is 0 Å². The molecule has 2 aromatic rings. The van der Waals surface area contributed by atoms with Crippen molar-refractivity contribution in [1.29, 1.82) is 0 Å². The highest BCUT2D eigenvalue weighted by molar-refractivity contribution is 7.14. The summed E-state index contributed by atoms with van der Waals surface area (Å²) < 4.78 is 0. The number of nitrogens with one attached hydrogen (secondary N) is 1. The SMILES string of the molecule is CC(=O)N(C)c1nc(CC(=O)Nc2ccc(C)cc2C)cs1. The van der Waals surface area contributed by atoms with E-state index in [0.29, 0.717) is 10.8 Å². The van der Waals surface area contributed by atoms with E-state index in [4.69, 9.17) is 0 Å². The van der Waals surface area contributed by atoms with Crippen LogP contribution in [-0.2, 0) is 16.0 Å². The molecule has 1 N–H and O–H groups in total. The van der Waals surface area contributed by atoms with Crippen LogP contribution in [0.5, 0.6) is 0 Å². The summed E-state index contributed by atoms with van der Waals surface area (Å²) in [6.07, 6.45) is 0.190. The minimum Gasteiger partial charge on any atom is -0.326 e. The van der Waals surface area contributed by atoms with Gasteiger partial charge in [-0.05, 0) is 25.5 Å². The van der Waals surface area contributed by atoms with Gasteiger partial charge in [0.2, 0.25) is 11.8 Å². The van der Waals surface area contributed by atoms with Crippen LogP contribution in [-0.4, -0.2) is 23.8 Å². The molecule has 0 saturated carbocycles. The van der Waals surface area contributed by atoms with E-state index in [1.807, 2.05) is 32.0 Å². The third-order valence-corrected chi connectivity index (χ3v) is 4.26. The van der Waals surface area contributed by atoms with Gasteiger partial charge >= 0.3 is 0 Å². The molecule has 22 heavy (non-hydrogen) atoms. The van der Waals surface area contributed by atoms with Gasteiger partial charge in [-0.1, -0.05) is 17.7 Å². The number of hydrogen-bond acceptors (Lipinski definition) is 4. The first-order valence-corrected chi connectivity index (χ1v) is 7.80. The predicted octanol–water partition coefficient (Wildman–Crippen LogP) is 2.92. The summed E-state index contributed by atoms with van der Waals surface area (Å²) in [6, 6.07) is 5.89. The van der Waals surface area contributed by atoms with Crippen LogP contribution >= 0.6 is 11.3 Å². The Hall–Kier alpha value is -2.21. The molecule has 0 aliphatic heterocycles. The van der Waals surface area contributed by atoms with E-state index in [-0.39, 0.29) is 18.2 Å². The van der Waals surface area contributed by atoms with E-state index >= 15 is 0 Å². The number of aromatic nitrogens is 1. The second-order valence-electron chi connectivity index (χ2n) is 5.24. The van der Waals surface area contributed by atoms with Crippen LogP contribution in [0.3, 0.4) is 0 Å². The maximum atomic E-state index is 12.1. The third kappa shape index (κ3) is 3.92. The fraction of sp³-hybridized carbons (Fsp3) is 0.312. The molecule has 0 aliphatic carbocycles. The molecular formula is C16H19N3O2S. The highest BCUT2D eigenvalue weighted by Gasteiger charge is 2.13. The molecule has 0 radical (unpaired) electrons. The maximum absolute atomic E-state index is 12.1. The molecule has 1 aromatic carbocycles. The van der Waals surface area contributed by atoms with Crippen LogP contribution in [0, 0.1) is 13.8 Å². The molecule has 0 spiro atoms. The Morgan fingerprint density at radius 2 is 2.05 bits per heavy atom. The molecule has 6 heteroatoms. The third-order valence-electron chi connectivity index (χ3n) is 3.30. The van der Waals surface area contributed by atoms with E-state index in [1.165, 1.54) is 23.2 Å². The largest absolute Gasteiger partial charge is 0.326 e. The first kappa shape index (κ1) is 16.2.